The molecule has 2 heterocycles. The Kier molecular flexibility index (Phi) is 10.2. The van der Waals surface area contributed by atoms with Crippen LogP contribution >= 0.6 is 0 Å². The Labute approximate surface area is 156 Å². The average Bonchev–Trinajstić information content (AvgIpc) is 3.18. The predicted octanol–water partition coefficient (Wildman–Crippen LogP) is 1.93. The molecule has 0 amide bonds. The van der Waals surface area contributed by atoms with E-state index < -0.39 is 0 Å². The van der Waals surface area contributed by atoms with E-state index in [0.717, 1.165) is 70.3 Å². The lowest BCUT2D eigenvalue weighted by Crippen LogP contribution is -2.47. The van der Waals surface area contributed by atoms with Crippen LogP contribution in [0, 0.1) is 0 Å². The number of methoxy groups -OCH3 is 2. The molecule has 0 aromatic carbocycles. The van der Waals surface area contributed by atoms with Gasteiger partial charge in [-0.1, -0.05) is 0 Å². The number of nitrogens with one attached hydrogen (secondary N) is 1. The van der Waals surface area contributed by atoms with Gasteiger partial charge in [0.2, 0.25) is 0 Å². The molecule has 0 atom stereocenters. The number of ether oxygens (including phenoxy) is 3. The molecule has 0 unspecified atom stereocenters. The fourth-order valence-electron chi connectivity index (χ4n) is 2.95. The van der Waals surface area contributed by atoms with Crippen LogP contribution in [0.2, 0.25) is 0 Å². The van der Waals surface area contributed by atoms with Crippen LogP contribution in [0.3, 0.4) is 0 Å². The van der Waals surface area contributed by atoms with Crippen molar-refractivity contribution in [1.29, 1.82) is 0 Å². The summed E-state index contributed by atoms with van der Waals surface area (Å²) < 4.78 is 21.5. The van der Waals surface area contributed by atoms with E-state index in [2.05, 4.69) is 15.2 Å². The second-order valence-electron chi connectivity index (χ2n) is 6.36. The number of nitrogens with zero attached hydrogens (tertiary/aromatic N) is 2. The summed E-state index contributed by atoms with van der Waals surface area (Å²) in [6.45, 7) is 5.52. The third kappa shape index (κ3) is 7.76. The lowest BCUT2D eigenvalue weighted by Gasteiger charge is -2.34. The standard InChI is InChI=1S/C19H33N3O4/c1-23-13-4-15-26-18-7-11-22(12-8-18)19(21-10-16-24-2)20-9-6-17-5-3-14-25-17/h3,5,14,18H,4,6-13,15-16H2,1-2H3,(H,20,21). The van der Waals surface area contributed by atoms with Gasteiger partial charge in [0.15, 0.2) is 5.96 Å². The highest BCUT2D eigenvalue weighted by molar-refractivity contribution is 5.80. The summed E-state index contributed by atoms with van der Waals surface area (Å²) in [6, 6.07) is 3.91. The van der Waals surface area contributed by atoms with Crippen molar-refractivity contribution in [3.63, 3.8) is 0 Å². The quantitative estimate of drug-likeness (QED) is 0.366. The largest absolute Gasteiger partial charge is 0.469 e. The maximum absolute atomic E-state index is 5.94. The van der Waals surface area contributed by atoms with Gasteiger partial charge in [0.05, 0.1) is 25.5 Å². The van der Waals surface area contributed by atoms with Gasteiger partial charge in [-0.25, -0.2) is 0 Å². The van der Waals surface area contributed by atoms with E-state index in [-0.39, 0.29) is 0 Å². The van der Waals surface area contributed by atoms with Crippen LogP contribution in [0.15, 0.2) is 27.8 Å². The SMILES string of the molecule is COCCCOC1CCN(C(=NCCOC)NCCc2ccco2)CC1. The third-order valence-electron chi connectivity index (χ3n) is 4.38. The van der Waals surface area contributed by atoms with Crippen molar-refractivity contribution in [1.82, 2.24) is 10.2 Å². The molecule has 2 rings (SSSR count). The van der Waals surface area contributed by atoms with E-state index in [9.17, 15) is 0 Å². The minimum Gasteiger partial charge on any atom is -0.469 e. The summed E-state index contributed by atoms with van der Waals surface area (Å²) in [7, 11) is 3.42. The number of hydrogen-bond acceptors (Lipinski definition) is 5. The molecule has 0 radical (unpaired) electrons. The predicted molar refractivity (Wildman–Crippen MR) is 102 cm³/mol. The molecule has 26 heavy (non-hydrogen) atoms. The molecule has 148 valence electrons. The molecule has 1 aromatic heterocycles. The monoisotopic (exact) mass is 367 g/mol. The van der Waals surface area contributed by atoms with Gasteiger partial charge >= 0.3 is 0 Å². The van der Waals surface area contributed by atoms with Crippen LogP contribution in [-0.4, -0.2) is 77.2 Å². The summed E-state index contributed by atoms with van der Waals surface area (Å²) in [6.07, 6.45) is 5.89. The van der Waals surface area contributed by atoms with Crippen molar-refractivity contribution in [3.8, 4) is 0 Å². The van der Waals surface area contributed by atoms with E-state index in [1.54, 1.807) is 20.5 Å². The smallest absolute Gasteiger partial charge is 0.194 e. The number of piperidine rings is 1. The lowest BCUT2D eigenvalue weighted by molar-refractivity contribution is 0.00988. The van der Waals surface area contributed by atoms with Crippen molar-refractivity contribution >= 4 is 5.96 Å². The Bertz CT molecular complexity index is 485. The molecule has 0 aliphatic carbocycles. The first-order valence-electron chi connectivity index (χ1n) is 9.48. The minimum absolute atomic E-state index is 0.339. The van der Waals surface area contributed by atoms with E-state index >= 15 is 0 Å². The Morgan fingerprint density at radius 2 is 2.04 bits per heavy atom. The average molecular weight is 367 g/mol. The Hall–Kier alpha value is -1.57. The highest BCUT2D eigenvalue weighted by atomic mass is 16.5. The van der Waals surface area contributed by atoms with Crippen LogP contribution in [0.1, 0.15) is 25.0 Å². The Balaban J connectivity index is 1.75. The summed E-state index contributed by atoms with van der Waals surface area (Å²) in [5.41, 5.74) is 0. The minimum atomic E-state index is 0.339. The summed E-state index contributed by atoms with van der Waals surface area (Å²) >= 11 is 0. The fourth-order valence-corrected chi connectivity index (χ4v) is 2.95. The lowest BCUT2D eigenvalue weighted by atomic mass is 10.1. The number of guanidine groups is 1. The van der Waals surface area contributed by atoms with Crippen LogP contribution in [0.5, 0.6) is 0 Å². The molecule has 0 spiro atoms. The van der Waals surface area contributed by atoms with Gasteiger partial charge in [-0.05, 0) is 31.4 Å². The van der Waals surface area contributed by atoms with Crippen molar-refractivity contribution in [3.05, 3.63) is 24.2 Å². The molecule has 1 N–H and O–H groups in total. The van der Waals surface area contributed by atoms with Gasteiger partial charge in [0.25, 0.3) is 0 Å². The molecule has 1 saturated heterocycles. The first kappa shape index (κ1) is 20.7. The van der Waals surface area contributed by atoms with Crippen molar-refractivity contribution in [2.45, 2.75) is 31.8 Å². The molecular weight excluding hydrogens is 334 g/mol. The first-order valence-corrected chi connectivity index (χ1v) is 9.48. The van der Waals surface area contributed by atoms with Crippen molar-refractivity contribution in [2.24, 2.45) is 4.99 Å². The molecule has 1 aliphatic rings. The zero-order valence-electron chi connectivity index (χ0n) is 16.1. The van der Waals surface area contributed by atoms with Gasteiger partial charge in [0.1, 0.15) is 5.76 Å². The molecule has 7 nitrogen and oxygen atoms in total. The van der Waals surface area contributed by atoms with Gasteiger partial charge < -0.3 is 28.8 Å². The van der Waals surface area contributed by atoms with Gasteiger partial charge in [-0.2, -0.15) is 0 Å². The Morgan fingerprint density at radius 3 is 2.73 bits per heavy atom. The highest BCUT2D eigenvalue weighted by Crippen LogP contribution is 2.14. The highest BCUT2D eigenvalue weighted by Gasteiger charge is 2.22. The molecule has 7 heteroatoms. The number of aliphatic imine (C=N–C) groups is 1. The second kappa shape index (κ2) is 12.7. The maximum Gasteiger partial charge on any atom is 0.194 e. The zero-order valence-corrected chi connectivity index (χ0v) is 16.1. The fraction of sp³-hybridized carbons (Fsp3) is 0.737. The molecule has 0 saturated carbocycles. The molecule has 0 bridgehead atoms. The van der Waals surface area contributed by atoms with Gasteiger partial charge in [-0.15, -0.1) is 0 Å². The van der Waals surface area contributed by atoms with Crippen LogP contribution in [0.4, 0.5) is 0 Å². The van der Waals surface area contributed by atoms with Crippen LogP contribution in [0.25, 0.3) is 0 Å². The summed E-state index contributed by atoms with van der Waals surface area (Å²) in [5, 5.41) is 3.46. The molecule has 1 aromatic rings. The van der Waals surface area contributed by atoms with E-state index in [1.807, 2.05) is 12.1 Å². The number of likely N-dealkylation sites (tertiary alicyclic amines) is 1. The van der Waals surface area contributed by atoms with E-state index in [4.69, 9.17) is 18.6 Å². The summed E-state index contributed by atoms with van der Waals surface area (Å²) in [5.74, 6) is 1.93. The Morgan fingerprint density at radius 1 is 1.23 bits per heavy atom. The topological polar surface area (TPSA) is 68.5 Å². The molecule has 1 fully saturated rings. The summed E-state index contributed by atoms with van der Waals surface area (Å²) in [4.78, 5) is 7.00. The second-order valence-corrected chi connectivity index (χ2v) is 6.36. The maximum atomic E-state index is 5.94. The number of rotatable bonds is 11. The van der Waals surface area contributed by atoms with Gasteiger partial charge in [-0.3, -0.25) is 4.99 Å². The molecular formula is C19H33N3O4. The zero-order chi connectivity index (χ0) is 18.5. The number of hydrogen-bond donors (Lipinski definition) is 1. The van der Waals surface area contributed by atoms with E-state index in [1.165, 1.54) is 0 Å². The number of furan rings is 1. The van der Waals surface area contributed by atoms with Crippen molar-refractivity contribution < 1.29 is 18.6 Å². The molecule has 1 aliphatic heterocycles. The van der Waals surface area contributed by atoms with Crippen molar-refractivity contribution in [2.75, 3.05) is 60.2 Å². The third-order valence-corrected chi connectivity index (χ3v) is 4.38. The van der Waals surface area contributed by atoms with E-state index in [0.29, 0.717) is 19.3 Å². The normalized spacial score (nSPS) is 16.2. The van der Waals surface area contributed by atoms with Gasteiger partial charge in [0, 0.05) is 53.5 Å². The van der Waals surface area contributed by atoms with Crippen LogP contribution < -0.4 is 5.32 Å². The first-order chi connectivity index (χ1) is 12.8. The van der Waals surface area contributed by atoms with Crippen LogP contribution in [-0.2, 0) is 20.6 Å².